The van der Waals surface area contributed by atoms with Gasteiger partial charge >= 0.3 is 0 Å². The maximum Gasteiger partial charge on any atom is 0.0754 e. The Morgan fingerprint density at radius 2 is 0.504 bits per heavy atom. The molecular formula is C121H74N4. The van der Waals surface area contributed by atoms with Crippen molar-refractivity contribution in [3.05, 3.63) is 516 Å². The smallest absolute Gasteiger partial charge is 0.0754 e. The molecule has 2 aliphatic heterocycles. The van der Waals surface area contributed by atoms with Crippen molar-refractivity contribution in [2.45, 2.75) is 16.2 Å². The summed E-state index contributed by atoms with van der Waals surface area (Å²) in [6.07, 6.45) is 0. The second-order valence-corrected chi connectivity index (χ2v) is 34.7. The van der Waals surface area contributed by atoms with Crippen molar-refractivity contribution < 1.29 is 0 Å². The number of para-hydroxylation sites is 7. The van der Waals surface area contributed by atoms with E-state index < -0.39 is 16.2 Å². The van der Waals surface area contributed by atoms with Gasteiger partial charge < -0.3 is 18.9 Å². The Kier molecular flexibility index (Phi) is 14.0. The molecule has 0 amide bonds. The van der Waals surface area contributed by atoms with Gasteiger partial charge in [0.25, 0.3) is 0 Å². The van der Waals surface area contributed by atoms with Crippen LogP contribution in [0.25, 0.3) is 144 Å². The van der Waals surface area contributed by atoms with Crippen LogP contribution < -0.4 is 9.80 Å². The molecule has 20 aromatic carbocycles. The van der Waals surface area contributed by atoms with E-state index in [1.807, 2.05) is 0 Å². The van der Waals surface area contributed by atoms with Gasteiger partial charge in [0.15, 0.2) is 0 Å². The summed E-state index contributed by atoms with van der Waals surface area (Å²) in [5, 5.41) is 7.38. The van der Waals surface area contributed by atoms with Gasteiger partial charge in [0.05, 0.1) is 55.4 Å². The molecule has 4 heterocycles. The fourth-order valence-electron chi connectivity index (χ4n) is 24.3. The molecule has 0 radical (unpaired) electrons. The van der Waals surface area contributed by atoms with E-state index in [0.717, 1.165) is 61.8 Å². The van der Waals surface area contributed by atoms with Crippen molar-refractivity contribution in [3.8, 4) is 89.3 Å². The first-order valence-electron chi connectivity index (χ1n) is 43.7. The molecule has 4 aliphatic carbocycles. The molecule has 125 heavy (non-hydrogen) atoms. The summed E-state index contributed by atoms with van der Waals surface area (Å²) in [5.74, 6) is 0. The van der Waals surface area contributed by atoms with Crippen molar-refractivity contribution in [1.29, 1.82) is 0 Å². The zero-order valence-electron chi connectivity index (χ0n) is 68.0. The molecule has 3 spiro atoms. The predicted octanol–water partition coefficient (Wildman–Crippen LogP) is 30.7. The maximum absolute atomic E-state index is 2.55. The van der Waals surface area contributed by atoms with E-state index in [0.29, 0.717) is 0 Å². The lowest BCUT2D eigenvalue weighted by Crippen LogP contribution is -2.33. The van der Waals surface area contributed by atoms with Crippen LogP contribution in [0, 0.1) is 0 Å². The van der Waals surface area contributed by atoms with Gasteiger partial charge in [-0.1, -0.05) is 340 Å². The van der Waals surface area contributed by atoms with Gasteiger partial charge in [0.2, 0.25) is 0 Å². The second kappa shape index (κ2) is 25.5. The SMILES string of the molecule is c1ccc(N(c2cccc(-c3ccc4c(c3)-c3ccccc3C43c4ccccc4-n4c5ccccc5c5cccc3c54)c2)c2ccc3c(c2)-c2cc(-c4ccc(N(c5ccccc5)c5cccc(-c6ccc7c(c6)c6cccc8c6n7-c6ccccc6C86c7ccccc7-c7ccccc76)c5)c5ccccc45)ccc2C32c3ccccc3-c3ccccc32)cc1. The van der Waals surface area contributed by atoms with E-state index in [-0.39, 0.29) is 0 Å². The van der Waals surface area contributed by atoms with E-state index in [2.05, 4.69) is 468 Å². The van der Waals surface area contributed by atoms with Gasteiger partial charge in [0.1, 0.15) is 0 Å². The van der Waals surface area contributed by atoms with E-state index in [1.54, 1.807) is 0 Å². The minimum absolute atomic E-state index is 0.477. The summed E-state index contributed by atoms with van der Waals surface area (Å²) in [6, 6.07) is 170. The zero-order chi connectivity index (χ0) is 81.5. The van der Waals surface area contributed by atoms with Crippen molar-refractivity contribution in [1.82, 2.24) is 9.13 Å². The van der Waals surface area contributed by atoms with Crippen LogP contribution >= 0.6 is 0 Å². The van der Waals surface area contributed by atoms with Crippen molar-refractivity contribution in [2.75, 3.05) is 9.80 Å². The highest BCUT2D eigenvalue weighted by Crippen LogP contribution is 2.67. The Bertz CT molecular complexity index is 8380. The topological polar surface area (TPSA) is 16.3 Å². The van der Waals surface area contributed by atoms with E-state index in [1.165, 1.54) is 183 Å². The molecule has 0 fully saturated rings. The number of rotatable bonds is 9. The predicted molar refractivity (Wildman–Crippen MR) is 516 cm³/mol. The third kappa shape index (κ3) is 8.93. The van der Waals surface area contributed by atoms with Crippen molar-refractivity contribution in [3.63, 3.8) is 0 Å². The second-order valence-electron chi connectivity index (χ2n) is 34.7. The molecule has 1 unspecified atom stereocenters. The van der Waals surface area contributed by atoms with Crippen LogP contribution in [0.3, 0.4) is 0 Å². The number of hydrogen-bond donors (Lipinski definition) is 0. The first-order chi connectivity index (χ1) is 62.0. The molecule has 28 rings (SSSR count). The lowest BCUT2D eigenvalue weighted by atomic mass is 9.65. The summed E-state index contributed by atoms with van der Waals surface area (Å²) in [4.78, 5) is 4.94. The van der Waals surface area contributed by atoms with Crippen LogP contribution in [0.2, 0.25) is 0 Å². The quantitative estimate of drug-likeness (QED) is 0.143. The van der Waals surface area contributed by atoms with Crippen LogP contribution in [0.15, 0.2) is 449 Å². The Morgan fingerprint density at radius 3 is 1.07 bits per heavy atom. The minimum Gasteiger partial charge on any atom is -0.310 e. The van der Waals surface area contributed by atoms with Crippen molar-refractivity contribution >= 4 is 88.5 Å². The molecule has 2 aromatic heterocycles. The standard InChI is InChI=1S/C121H74N4/c1-3-31-80(32-4-1)122(82-35-25-29-75(69-82)77-59-64-105-96(71-77)91-42-13-19-51-104(91)121(105)109-53-21-23-57-115(109)124-112-56-22-14-44-93(112)94-45-27-54-110(121)117(94)124)84-62-66-107-98(74-84)97-73-79(60-65-106(97)119(107)100-47-15-9-38-87(100)88-39-10-16-48-101(88)119)85-63-68-113(92-43-8-7-37-86(85)92)123(81-33-5-2-6-34-81)83-36-26-30-76(70-83)78-61-67-114-99(72-78)95-46-28-55-111-118(95)125(114)116-58-24-20-52-108(116)120(111)102-49-17-11-40-89(102)90-41-12-18-50-103(90)120/h1-74H. The van der Waals surface area contributed by atoms with Crippen LogP contribution in [0.5, 0.6) is 0 Å². The van der Waals surface area contributed by atoms with Gasteiger partial charge in [-0.25, -0.2) is 0 Å². The highest BCUT2D eigenvalue weighted by molar-refractivity contribution is 6.16. The molecule has 0 bridgehead atoms. The first kappa shape index (κ1) is 68.6. The average Bonchev–Trinajstić information content (AvgIpc) is 1.52. The van der Waals surface area contributed by atoms with Crippen LogP contribution in [0.1, 0.15) is 66.8 Å². The highest BCUT2D eigenvalue weighted by Gasteiger charge is 2.55. The summed E-state index contributed by atoms with van der Waals surface area (Å²) >= 11 is 0. The average molecular weight is 1580 g/mol. The number of aromatic nitrogens is 2. The minimum atomic E-state index is -0.577. The van der Waals surface area contributed by atoms with Crippen LogP contribution in [-0.2, 0) is 16.2 Å². The summed E-state index contributed by atoms with van der Waals surface area (Å²) < 4.78 is 5.08. The third-order valence-electron chi connectivity index (χ3n) is 29.1. The Balaban J connectivity index is 0.573. The molecular weight excluding hydrogens is 1510 g/mol. The fourth-order valence-corrected chi connectivity index (χ4v) is 24.3. The zero-order valence-corrected chi connectivity index (χ0v) is 68.0. The number of fused-ring (bicyclic) bond motifs is 35. The van der Waals surface area contributed by atoms with E-state index >= 15 is 0 Å². The molecule has 0 saturated heterocycles. The van der Waals surface area contributed by atoms with Gasteiger partial charge in [0, 0.05) is 55.4 Å². The lowest BCUT2D eigenvalue weighted by Gasteiger charge is -2.39. The van der Waals surface area contributed by atoms with Gasteiger partial charge in [-0.05, 0) is 259 Å². The molecule has 0 N–H and O–H groups in total. The number of hydrogen-bond acceptors (Lipinski definition) is 2. The molecule has 4 heteroatoms. The third-order valence-corrected chi connectivity index (χ3v) is 29.1. The Morgan fingerprint density at radius 1 is 0.160 bits per heavy atom. The van der Waals surface area contributed by atoms with Gasteiger partial charge in [-0.2, -0.15) is 0 Å². The monoisotopic (exact) mass is 1580 g/mol. The summed E-state index contributed by atoms with van der Waals surface area (Å²) in [5.41, 5.74) is 45.2. The summed E-state index contributed by atoms with van der Waals surface area (Å²) in [7, 11) is 0. The number of benzene rings is 20. The Labute approximate surface area is 723 Å². The molecule has 0 saturated carbocycles. The molecule has 6 aliphatic rings. The normalized spacial score (nSPS) is 14.7. The maximum atomic E-state index is 2.55. The summed E-state index contributed by atoms with van der Waals surface area (Å²) in [6.45, 7) is 0. The molecule has 22 aromatic rings. The molecule has 4 nitrogen and oxygen atoms in total. The van der Waals surface area contributed by atoms with E-state index in [9.17, 15) is 0 Å². The largest absolute Gasteiger partial charge is 0.310 e. The van der Waals surface area contributed by atoms with Crippen molar-refractivity contribution in [2.24, 2.45) is 0 Å². The number of anilines is 6. The van der Waals surface area contributed by atoms with E-state index in [4.69, 9.17) is 0 Å². The highest BCUT2D eigenvalue weighted by atomic mass is 15.2. The first-order valence-corrected chi connectivity index (χ1v) is 43.7. The number of nitrogens with zero attached hydrogens (tertiary/aromatic N) is 4. The molecule has 578 valence electrons. The Hall–Kier alpha value is -16.1. The van der Waals surface area contributed by atoms with Crippen LogP contribution in [0.4, 0.5) is 34.1 Å². The lowest BCUT2D eigenvalue weighted by molar-refractivity contribution is 0.748. The van der Waals surface area contributed by atoms with Gasteiger partial charge in [-0.15, -0.1) is 0 Å². The van der Waals surface area contributed by atoms with Crippen LogP contribution in [-0.4, -0.2) is 9.13 Å². The fraction of sp³-hybridized carbons (Fsp3) is 0.0248. The van der Waals surface area contributed by atoms with Gasteiger partial charge in [-0.3, -0.25) is 0 Å². The molecule has 1 atom stereocenters.